The highest BCUT2D eigenvalue weighted by molar-refractivity contribution is 7.07. The summed E-state index contributed by atoms with van der Waals surface area (Å²) in [6.45, 7) is 4.54. The molecule has 1 saturated heterocycles. The lowest BCUT2D eigenvalue weighted by atomic mass is 10.2. The summed E-state index contributed by atoms with van der Waals surface area (Å²) in [6.07, 6.45) is 7.39. The standard InChI is InChI=1S/C24H23N7OS/c1-3-17-12-22(32-14-19-15-33-16-26-19)28-23-21(17)13-25-24(29-23)27-18-4-6-20(7-5-18)31-10-8-30(2)9-11-31/h1,4-7,12-13,15-16H,8-11,14H2,2H3,(H,25,27,28,29). The summed E-state index contributed by atoms with van der Waals surface area (Å²) >= 11 is 1.52. The van der Waals surface area contributed by atoms with Gasteiger partial charge < -0.3 is 19.9 Å². The van der Waals surface area contributed by atoms with Crippen molar-refractivity contribution in [2.75, 3.05) is 43.4 Å². The Hall–Kier alpha value is -3.74. The largest absolute Gasteiger partial charge is 0.471 e. The molecule has 9 heteroatoms. The number of hydrogen-bond acceptors (Lipinski definition) is 9. The van der Waals surface area contributed by atoms with Crippen molar-refractivity contribution in [3.63, 3.8) is 0 Å². The number of likely N-dealkylation sites (N-methyl/N-ethyl adjacent to an activating group) is 1. The zero-order chi connectivity index (χ0) is 22.6. The number of piperazine rings is 1. The SMILES string of the molecule is C#Cc1cc(OCc2cscn2)nc2nc(Nc3ccc(N4CCN(C)CC4)cc3)ncc12. The van der Waals surface area contributed by atoms with Crippen molar-refractivity contribution < 1.29 is 4.74 Å². The molecular weight excluding hydrogens is 434 g/mol. The molecule has 0 bridgehead atoms. The topological polar surface area (TPSA) is 79.3 Å². The molecular formula is C24H23N7OS. The van der Waals surface area contributed by atoms with Gasteiger partial charge in [-0.25, -0.2) is 9.97 Å². The first-order valence-electron chi connectivity index (χ1n) is 10.6. The molecule has 1 fully saturated rings. The summed E-state index contributed by atoms with van der Waals surface area (Å²) in [7, 11) is 2.16. The Kier molecular flexibility index (Phi) is 6.02. The van der Waals surface area contributed by atoms with Crippen molar-refractivity contribution in [2.24, 2.45) is 0 Å². The average Bonchev–Trinajstić information content (AvgIpc) is 3.37. The van der Waals surface area contributed by atoms with Crippen LogP contribution in [0.25, 0.3) is 11.0 Å². The van der Waals surface area contributed by atoms with Crippen molar-refractivity contribution in [1.82, 2.24) is 24.8 Å². The summed E-state index contributed by atoms with van der Waals surface area (Å²) in [5.74, 6) is 3.52. The van der Waals surface area contributed by atoms with Crippen LogP contribution in [0.15, 0.2) is 47.4 Å². The Morgan fingerprint density at radius 2 is 1.94 bits per heavy atom. The second-order valence-corrected chi connectivity index (χ2v) is 8.53. The van der Waals surface area contributed by atoms with Crippen molar-refractivity contribution >= 4 is 39.7 Å². The number of anilines is 3. The molecule has 0 atom stereocenters. The summed E-state index contributed by atoms with van der Waals surface area (Å²) in [5, 5.41) is 5.89. The van der Waals surface area contributed by atoms with Crippen molar-refractivity contribution in [3.8, 4) is 18.2 Å². The molecule has 3 aromatic heterocycles. The number of thiazole rings is 1. The molecule has 4 heterocycles. The maximum atomic E-state index is 5.79. The number of hydrogen-bond donors (Lipinski definition) is 1. The summed E-state index contributed by atoms with van der Waals surface area (Å²) in [5.41, 5.74) is 5.84. The molecule has 0 unspecified atom stereocenters. The molecule has 1 aliphatic rings. The number of nitrogens with one attached hydrogen (secondary N) is 1. The van der Waals surface area contributed by atoms with Gasteiger partial charge in [-0.2, -0.15) is 9.97 Å². The van der Waals surface area contributed by atoms with E-state index in [0.29, 0.717) is 35.0 Å². The third-order valence-corrected chi connectivity index (χ3v) is 6.18. The van der Waals surface area contributed by atoms with E-state index in [0.717, 1.165) is 37.6 Å². The Labute approximate surface area is 196 Å². The molecule has 1 N–H and O–H groups in total. The van der Waals surface area contributed by atoms with Gasteiger partial charge in [-0.15, -0.1) is 17.8 Å². The fraction of sp³-hybridized carbons (Fsp3) is 0.250. The molecule has 1 aliphatic heterocycles. The lowest BCUT2D eigenvalue weighted by Gasteiger charge is -2.34. The smallest absolute Gasteiger partial charge is 0.229 e. The second-order valence-electron chi connectivity index (χ2n) is 7.81. The lowest BCUT2D eigenvalue weighted by Crippen LogP contribution is -2.44. The highest BCUT2D eigenvalue weighted by atomic mass is 32.1. The van der Waals surface area contributed by atoms with Crippen molar-refractivity contribution in [2.45, 2.75) is 6.61 Å². The van der Waals surface area contributed by atoms with Gasteiger partial charge in [0.2, 0.25) is 11.8 Å². The monoisotopic (exact) mass is 457 g/mol. The first kappa shape index (κ1) is 21.1. The normalized spacial score (nSPS) is 14.2. The van der Waals surface area contributed by atoms with Gasteiger partial charge in [-0.1, -0.05) is 5.92 Å². The van der Waals surface area contributed by atoms with Crippen LogP contribution in [0, 0.1) is 12.3 Å². The van der Waals surface area contributed by atoms with E-state index in [-0.39, 0.29) is 0 Å². The molecule has 0 radical (unpaired) electrons. The fourth-order valence-corrected chi connectivity index (χ4v) is 4.19. The van der Waals surface area contributed by atoms with Crippen LogP contribution in [-0.4, -0.2) is 58.1 Å². The van der Waals surface area contributed by atoms with Gasteiger partial charge in [0.05, 0.1) is 16.6 Å². The Balaban J connectivity index is 1.33. The maximum absolute atomic E-state index is 5.79. The van der Waals surface area contributed by atoms with E-state index in [4.69, 9.17) is 11.2 Å². The highest BCUT2D eigenvalue weighted by Gasteiger charge is 2.14. The van der Waals surface area contributed by atoms with Gasteiger partial charge in [0, 0.05) is 60.8 Å². The number of terminal acetylenes is 1. The molecule has 1 aromatic carbocycles. The quantitative estimate of drug-likeness (QED) is 0.441. The van der Waals surface area contributed by atoms with Crippen LogP contribution in [0.3, 0.4) is 0 Å². The molecule has 33 heavy (non-hydrogen) atoms. The minimum Gasteiger partial charge on any atom is -0.471 e. The summed E-state index contributed by atoms with van der Waals surface area (Å²) in [6, 6.07) is 10.0. The van der Waals surface area contributed by atoms with E-state index in [1.807, 2.05) is 17.5 Å². The van der Waals surface area contributed by atoms with Gasteiger partial charge in [0.15, 0.2) is 5.65 Å². The van der Waals surface area contributed by atoms with Crippen LogP contribution in [0.1, 0.15) is 11.3 Å². The number of pyridine rings is 1. The van der Waals surface area contributed by atoms with Crippen LogP contribution in [0.2, 0.25) is 0 Å². The molecule has 166 valence electrons. The van der Waals surface area contributed by atoms with E-state index in [2.05, 4.69) is 60.2 Å². The number of fused-ring (bicyclic) bond motifs is 1. The third-order valence-electron chi connectivity index (χ3n) is 5.54. The van der Waals surface area contributed by atoms with Gasteiger partial charge in [0.25, 0.3) is 0 Å². The Bertz CT molecular complexity index is 1280. The van der Waals surface area contributed by atoms with Crippen molar-refractivity contribution in [1.29, 1.82) is 0 Å². The minimum atomic E-state index is 0.321. The van der Waals surface area contributed by atoms with Gasteiger partial charge in [-0.3, -0.25) is 0 Å². The molecule has 0 saturated carbocycles. The van der Waals surface area contributed by atoms with Crippen LogP contribution in [-0.2, 0) is 6.61 Å². The second kappa shape index (κ2) is 9.40. The number of aromatic nitrogens is 4. The predicted molar refractivity (Wildman–Crippen MR) is 131 cm³/mol. The van der Waals surface area contributed by atoms with Gasteiger partial charge >= 0.3 is 0 Å². The molecule has 8 nitrogen and oxygen atoms in total. The zero-order valence-electron chi connectivity index (χ0n) is 18.2. The van der Waals surface area contributed by atoms with Crippen LogP contribution in [0.4, 0.5) is 17.3 Å². The zero-order valence-corrected chi connectivity index (χ0v) is 19.0. The summed E-state index contributed by atoms with van der Waals surface area (Å²) in [4.78, 5) is 22.5. The molecule has 4 aromatic rings. The van der Waals surface area contributed by atoms with E-state index >= 15 is 0 Å². The Morgan fingerprint density at radius 3 is 2.67 bits per heavy atom. The number of rotatable bonds is 6. The molecule has 0 spiro atoms. The maximum Gasteiger partial charge on any atom is 0.229 e. The first-order chi connectivity index (χ1) is 16.2. The number of nitrogens with zero attached hydrogens (tertiary/aromatic N) is 6. The van der Waals surface area contributed by atoms with E-state index < -0.39 is 0 Å². The van der Waals surface area contributed by atoms with E-state index in [9.17, 15) is 0 Å². The van der Waals surface area contributed by atoms with Crippen molar-refractivity contribution in [3.05, 3.63) is 58.7 Å². The van der Waals surface area contributed by atoms with Crippen LogP contribution < -0.4 is 15.0 Å². The molecule has 0 amide bonds. The Morgan fingerprint density at radius 1 is 1.12 bits per heavy atom. The summed E-state index contributed by atoms with van der Waals surface area (Å²) < 4.78 is 5.79. The third kappa shape index (κ3) is 4.87. The average molecular weight is 458 g/mol. The lowest BCUT2D eigenvalue weighted by molar-refractivity contribution is 0.291. The number of benzene rings is 1. The van der Waals surface area contributed by atoms with Gasteiger partial charge in [-0.05, 0) is 31.3 Å². The van der Waals surface area contributed by atoms with Crippen LogP contribution in [0.5, 0.6) is 5.88 Å². The van der Waals surface area contributed by atoms with Crippen LogP contribution >= 0.6 is 11.3 Å². The predicted octanol–water partition coefficient (Wildman–Crippen LogP) is 3.54. The number of ether oxygens (including phenoxy) is 1. The molecule has 5 rings (SSSR count). The fourth-order valence-electron chi connectivity index (χ4n) is 3.65. The molecule has 0 aliphatic carbocycles. The minimum absolute atomic E-state index is 0.321. The van der Waals surface area contributed by atoms with E-state index in [1.165, 1.54) is 17.0 Å². The van der Waals surface area contributed by atoms with E-state index in [1.54, 1.807) is 17.8 Å². The first-order valence-corrected chi connectivity index (χ1v) is 11.6. The van der Waals surface area contributed by atoms with Gasteiger partial charge in [0.1, 0.15) is 6.61 Å². The highest BCUT2D eigenvalue weighted by Crippen LogP contribution is 2.24.